The fraction of sp³-hybridized carbons (Fsp3) is 0.148. The lowest BCUT2D eigenvalue weighted by Gasteiger charge is -2.30. The van der Waals surface area contributed by atoms with Gasteiger partial charge in [0, 0.05) is 6.07 Å². The van der Waals surface area contributed by atoms with Crippen molar-refractivity contribution in [1.29, 1.82) is 0 Å². The van der Waals surface area contributed by atoms with Crippen LogP contribution in [0.25, 0.3) is 12.2 Å². The van der Waals surface area contributed by atoms with Gasteiger partial charge in [0.25, 0.3) is 0 Å². The first-order chi connectivity index (χ1) is 14.9. The fourth-order valence-corrected chi connectivity index (χ4v) is 3.39. The second-order valence-electron chi connectivity index (χ2n) is 7.93. The van der Waals surface area contributed by atoms with Gasteiger partial charge in [0.05, 0.1) is 5.56 Å². The van der Waals surface area contributed by atoms with Crippen LogP contribution in [-0.4, -0.2) is 16.5 Å². The molecule has 3 aromatic carbocycles. The molecule has 0 atom stereocenters. The van der Waals surface area contributed by atoms with Gasteiger partial charge in [-0.05, 0) is 43.2 Å². The van der Waals surface area contributed by atoms with E-state index in [1.165, 1.54) is 12.1 Å². The van der Waals surface area contributed by atoms with Crippen LogP contribution in [-0.2, 0) is 6.61 Å². The van der Waals surface area contributed by atoms with Crippen LogP contribution in [0, 0.1) is 0 Å². The minimum Gasteiger partial charge on any atom is -0.507 e. The lowest BCUT2D eigenvalue weighted by Crippen LogP contribution is -2.28. The van der Waals surface area contributed by atoms with Crippen molar-refractivity contribution in [2.45, 2.75) is 26.1 Å². The van der Waals surface area contributed by atoms with Gasteiger partial charge in [-0.1, -0.05) is 66.7 Å². The zero-order chi connectivity index (χ0) is 21.8. The standard InChI is InChI=1S/C27H24O4/c1-27(2)16-15-21-23(29)17-24(30-18-20-11-7-4-8-12-20)25(26(21)31-27)22(28)14-13-19-9-5-3-6-10-19/h3-17,29H,18H2,1-2H3/b14-13+. The molecule has 0 aromatic heterocycles. The number of ether oxygens (including phenoxy) is 2. The van der Waals surface area contributed by atoms with Crippen molar-refractivity contribution < 1.29 is 19.4 Å². The zero-order valence-electron chi connectivity index (χ0n) is 17.5. The van der Waals surface area contributed by atoms with E-state index in [0.717, 1.165) is 11.1 Å². The molecule has 1 aliphatic heterocycles. The molecular weight excluding hydrogens is 388 g/mol. The van der Waals surface area contributed by atoms with Gasteiger partial charge in [0.1, 0.15) is 35.0 Å². The Hall–Kier alpha value is -3.79. The highest BCUT2D eigenvalue weighted by molar-refractivity contribution is 6.11. The van der Waals surface area contributed by atoms with Crippen molar-refractivity contribution in [3.8, 4) is 17.2 Å². The molecule has 4 heteroatoms. The fourth-order valence-electron chi connectivity index (χ4n) is 3.39. The number of phenols is 1. The number of rotatable bonds is 6. The monoisotopic (exact) mass is 412 g/mol. The van der Waals surface area contributed by atoms with Crippen LogP contribution < -0.4 is 9.47 Å². The molecule has 0 radical (unpaired) electrons. The third-order valence-corrected chi connectivity index (χ3v) is 4.99. The maximum Gasteiger partial charge on any atom is 0.193 e. The van der Waals surface area contributed by atoms with E-state index >= 15 is 0 Å². The van der Waals surface area contributed by atoms with Gasteiger partial charge in [-0.15, -0.1) is 0 Å². The maximum absolute atomic E-state index is 13.3. The van der Waals surface area contributed by atoms with E-state index in [9.17, 15) is 9.90 Å². The maximum atomic E-state index is 13.3. The average molecular weight is 412 g/mol. The minimum atomic E-state index is -0.615. The van der Waals surface area contributed by atoms with Crippen molar-refractivity contribution >= 4 is 17.9 Å². The summed E-state index contributed by atoms with van der Waals surface area (Å²) in [5.74, 6) is 0.370. The van der Waals surface area contributed by atoms with Crippen LogP contribution in [0.2, 0.25) is 0 Å². The lowest BCUT2D eigenvalue weighted by atomic mass is 9.96. The van der Waals surface area contributed by atoms with E-state index in [1.54, 1.807) is 12.2 Å². The number of benzene rings is 3. The number of phenolic OH excluding ortho intramolecular Hbond substituents is 1. The Labute approximate surface area is 182 Å². The number of ketones is 1. The van der Waals surface area contributed by atoms with Gasteiger partial charge in [-0.3, -0.25) is 4.79 Å². The van der Waals surface area contributed by atoms with E-state index in [1.807, 2.05) is 80.6 Å². The van der Waals surface area contributed by atoms with Crippen LogP contribution >= 0.6 is 0 Å². The van der Waals surface area contributed by atoms with Crippen LogP contribution in [0.3, 0.4) is 0 Å². The van der Waals surface area contributed by atoms with E-state index in [2.05, 4.69) is 0 Å². The minimum absolute atomic E-state index is 0.00778. The number of hydrogen-bond donors (Lipinski definition) is 1. The Balaban J connectivity index is 1.75. The Morgan fingerprint density at radius 1 is 1.06 bits per heavy atom. The molecule has 0 amide bonds. The van der Waals surface area contributed by atoms with Gasteiger partial charge in [0.15, 0.2) is 5.78 Å². The summed E-state index contributed by atoms with van der Waals surface area (Å²) in [6.45, 7) is 4.06. The van der Waals surface area contributed by atoms with Crippen molar-refractivity contribution in [3.63, 3.8) is 0 Å². The molecule has 1 heterocycles. The first kappa shape index (κ1) is 20.5. The zero-order valence-corrected chi connectivity index (χ0v) is 17.5. The van der Waals surface area contributed by atoms with E-state index in [0.29, 0.717) is 16.9 Å². The van der Waals surface area contributed by atoms with Gasteiger partial charge < -0.3 is 14.6 Å². The first-order valence-corrected chi connectivity index (χ1v) is 10.2. The molecule has 0 unspecified atom stereocenters. The Bertz CT molecular complexity index is 1140. The highest BCUT2D eigenvalue weighted by atomic mass is 16.5. The summed E-state index contributed by atoms with van der Waals surface area (Å²) < 4.78 is 12.1. The molecule has 31 heavy (non-hydrogen) atoms. The molecule has 4 nitrogen and oxygen atoms in total. The highest BCUT2D eigenvalue weighted by Gasteiger charge is 2.30. The second kappa shape index (κ2) is 8.52. The van der Waals surface area contributed by atoms with Crippen LogP contribution in [0.1, 0.15) is 40.9 Å². The van der Waals surface area contributed by atoms with Crippen molar-refractivity contribution in [1.82, 2.24) is 0 Å². The lowest BCUT2D eigenvalue weighted by molar-refractivity contribution is 0.102. The highest BCUT2D eigenvalue weighted by Crippen LogP contribution is 2.44. The van der Waals surface area contributed by atoms with Gasteiger partial charge in [-0.2, -0.15) is 0 Å². The summed E-state index contributed by atoms with van der Waals surface area (Å²) in [6, 6.07) is 20.7. The second-order valence-corrected chi connectivity index (χ2v) is 7.93. The summed E-state index contributed by atoms with van der Waals surface area (Å²) in [4.78, 5) is 13.3. The van der Waals surface area contributed by atoms with Crippen LogP contribution in [0.5, 0.6) is 17.2 Å². The molecular formula is C27H24O4. The predicted octanol–water partition coefficient (Wildman–Crippen LogP) is 6.05. The number of hydrogen-bond acceptors (Lipinski definition) is 4. The predicted molar refractivity (Wildman–Crippen MR) is 122 cm³/mol. The average Bonchev–Trinajstić information content (AvgIpc) is 2.76. The number of allylic oxidation sites excluding steroid dienone is 1. The molecule has 0 bridgehead atoms. The molecule has 0 fully saturated rings. The first-order valence-electron chi connectivity index (χ1n) is 10.2. The number of aromatic hydroxyl groups is 1. The molecule has 156 valence electrons. The summed E-state index contributed by atoms with van der Waals surface area (Å²) >= 11 is 0. The molecule has 4 rings (SSSR count). The van der Waals surface area contributed by atoms with Crippen molar-refractivity contribution in [2.24, 2.45) is 0 Å². The SMILES string of the molecule is CC1(C)C=Cc2c(O)cc(OCc3ccccc3)c(C(=O)/C=C/c3ccccc3)c2O1. The van der Waals surface area contributed by atoms with E-state index in [-0.39, 0.29) is 23.9 Å². The largest absolute Gasteiger partial charge is 0.507 e. The molecule has 1 aliphatic rings. The van der Waals surface area contributed by atoms with Crippen molar-refractivity contribution in [2.75, 3.05) is 0 Å². The summed E-state index contributed by atoms with van der Waals surface area (Å²) in [6.07, 6.45) is 6.90. The Kier molecular flexibility index (Phi) is 5.63. The quantitative estimate of drug-likeness (QED) is 0.395. The van der Waals surface area contributed by atoms with Gasteiger partial charge in [-0.25, -0.2) is 0 Å². The molecule has 0 spiro atoms. The molecule has 1 N–H and O–H groups in total. The topological polar surface area (TPSA) is 55.8 Å². The number of carbonyl (C=O) groups excluding carboxylic acids is 1. The Morgan fingerprint density at radius 2 is 1.74 bits per heavy atom. The van der Waals surface area contributed by atoms with Gasteiger partial charge >= 0.3 is 0 Å². The normalized spacial score (nSPS) is 14.1. The molecule has 0 aliphatic carbocycles. The third kappa shape index (κ3) is 4.69. The summed E-state index contributed by atoms with van der Waals surface area (Å²) in [5.41, 5.74) is 2.03. The van der Waals surface area contributed by atoms with E-state index < -0.39 is 5.60 Å². The Morgan fingerprint density at radius 3 is 2.45 bits per heavy atom. The van der Waals surface area contributed by atoms with Crippen LogP contribution in [0.15, 0.2) is 78.9 Å². The summed E-state index contributed by atoms with van der Waals surface area (Å²) in [5, 5.41) is 10.6. The van der Waals surface area contributed by atoms with E-state index in [4.69, 9.17) is 9.47 Å². The van der Waals surface area contributed by atoms with Crippen molar-refractivity contribution in [3.05, 3.63) is 101 Å². The third-order valence-electron chi connectivity index (χ3n) is 4.99. The molecule has 0 saturated carbocycles. The van der Waals surface area contributed by atoms with Gasteiger partial charge in [0.2, 0.25) is 0 Å². The number of fused-ring (bicyclic) bond motifs is 1. The molecule has 0 saturated heterocycles. The smallest absolute Gasteiger partial charge is 0.193 e. The molecule has 3 aromatic rings. The van der Waals surface area contributed by atoms with Crippen LogP contribution in [0.4, 0.5) is 0 Å². The summed E-state index contributed by atoms with van der Waals surface area (Å²) in [7, 11) is 0. The number of carbonyl (C=O) groups is 1.